The highest BCUT2D eigenvalue weighted by atomic mass is 127. The fraction of sp³-hybridized carbons (Fsp3) is 0.259. The van der Waals surface area contributed by atoms with Crippen molar-refractivity contribution in [2.24, 2.45) is 0 Å². The predicted molar refractivity (Wildman–Crippen MR) is 327 cm³/mol. The van der Waals surface area contributed by atoms with E-state index in [1.165, 1.54) is 14.2 Å². The number of nitrogens with one attached hydrogen (secondary N) is 2. The first-order valence-corrected chi connectivity index (χ1v) is 26.4. The van der Waals surface area contributed by atoms with Crippen LogP contribution in [0.1, 0.15) is 69.6 Å². The number of halogens is 5. The van der Waals surface area contributed by atoms with Crippen molar-refractivity contribution in [3.05, 3.63) is 155 Å². The highest BCUT2D eigenvalue weighted by Crippen LogP contribution is 2.24. The van der Waals surface area contributed by atoms with Crippen molar-refractivity contribution in [3.8, 4) is 0 Å². The lowest BCUT2D eigenvalue weighted by atomic mass is 10.1. The Kier molecular flexibility index (Phi) is 27.6. The summed E-state index contributed by atoms with van der Waals surface area (Å²) in [6.45, 7) is 15.5. The summed E-state index contributed by atoms with van der Waals surface area (Å²) in [6.07, 6.45) is 6.81. The molecule has 2 amide bonds. The number of aromatic nitrogens is 4. The van der Waals surface area contributed by atoms with E-state index in [2.05, 4.69) is 145 Å². The zero-order valence-electron chi connectivity index (χ0n) is 41.9. The van der Waals surface area contributed by atoms with Gasteiger partial charge in [0.15, 0.2) is 0 Å². The molecule has 0 spiro atoms. The van der Waals surface area contributed by atoms with E-state index in [0.29, 0.717) is 35.9 Å². The van der Waals surface area contributed by atoms with Crippen molar-refractivity contribution in [1.82, 2.24) is 40.4 Å². The maximum Gasteiger partial charge on any atom is 0.356 e. The Labute approximate surface area is 485 Å². The number of nitrogen functional groups attached to an aromatic ring is 1. The van der Waals surface area contributed by atoms with Crippen LogP contribution in [0.3, 0.4) is 0 Å². The van der Waals surface area contributed by atoms with Gasteiger partial charge in [-0.2, -0.15) is 0 Å². The maximum atomic E-state index is 12.2. The van der Waals surface area contributed by atoms with Gasteiger partial charge in [-0.05, 0) is 159 Å². The standard InChI is InChI=1S/2C16H20IN3O.C11H8INO2.C11H10N2O2.2ClH/c2*1-3-20(4-2)9-8-18-16(21)15-10-13-12(11-19-15)6-5-7-14(13)17;2*1-15-11(14)10-5-8-7(6-13-10)3-2-4-9(8)12;;/h2*5-7,10-11H,3-4,8-9H2,1-2H3,(H,18,21);2-6H,1H3;2-6H,12H2,1H3;2*1H. The number of amides is 2. The van der Waals surface area contributed by atoms with Crippen LogP contribution in [0.2, 0.25) is 0 Å². The summed E-state index contributed by atoms with van der Waals surface area (Å²) in [5.74, 6) is -1.08. The Morgan fingerprint density at radius 2 is 0.784 bits per heavy atom. The van der Waals surface area contributed by atoms with Crippen molar-refractivity contribution >= 4 is 165 Å². The Morgan fingerprint density at radius 1 is 0.486 bits per heavy atom. The van der Waals surface area contributed by atoms with Crippen LogP contribution in [-0.4, -0.2) is 120 Å². The van der Waals surface area contributed by atoms with Gasteiger partial charge in [-0.3, -0.25) is 19.6 Å². The van der Waals surface area contributed by atoms with Crippen molar-refractivity contribution < 1.29 is 28.7 Å². The minimum atomic E-state index is -0.458. The summed E-state index contributed by atoms with van der Waals surface area (Å²) in [5, 5.41) is 13.9. The first kappa shape index (κ1) is 63.2. The molecule has 0 atom stereocenters. The van der Waals surface area contributed by atoms with Gasteiger partial charge >= 0.3 is 11.9 Å². The highest BCUT2D eigenvalue weighted by Gasteiger charge is 2.13. The molecule has 4 aromatic heterocycles. The molecule has 15 nitrogen and oxygen atoms in total. The Bertz CT molecular complexity index is 2940. The molecule has 0 radical (unpaired) electrons. The minimum Gasteiger partial charge on any atom is -0.464 e. The monoisotopic (exact) mass is 1380 g/mol. The highest BCUT2D eigenvalue weighted by molar-refractivity contribution is 14.1. The average molecular weight is 1380 g/mol. The number of rotatable bonds is 14. The van der Waals surface area contributed by atoms with E-state index in [1.54, 1.807) is 43.0 Å². The Balaban J connectivity index is 0.000000261. The number of hydrogen-bond acceptors (Lipinski definition) is 13. The molecule has 8 aromatic rings. The third kappa shape index (κ3) is 18.0. The van der Waals surface area contributed by atoms with Crippen LogP contribution in [0.25, 0.3) is 43.1 Å². The molecule has 0 bridgehead atoms. The zero-order valence-corrected chi connectivity index (χ0v) is 50.0. The first-order valence-electron chi connectivity index (χ1n) is 23.2. The molecule has 0 unspecified atom stereocenters. The van der Waals surface area contributed by atoms with Crippen LogP contribution < -0.4 is 16.4 Å². The molecule has 4 N–H and O–H groups in total. The molecule has 392 valence electrons. The van der Waals surface area contributed by atoms with E-state index in [-0.39, 0.29) is 42.3 Å². The van der Waals surface area contributed by atoms with Gasteiger partial charge in [0, 0.05) is 94.3 Å². The number of pyridine rings is 4. The van der Waals surface area contributed by atoms with Crippen LogP contribution in [0, 0.1) is 10.7 Å². The number of anilines is 1. The van der Waals surface area contributed by atoms with Crippen molar-refractivity contribution in [2.45, 2.75) is 27.7 Å². The number of ether oxygens (including phenoxy) is 2. The van der Waals surface area contributed by atoms with Gasteiger partial charge in [-0.25, -0.2) is 19.6 Å². The molecular formula is C54H60Cl2I3N9O6. The van der Waals surface area contributed by atoms with Gasteiger partial charge in [0.05, 0.1) is 14.2 Å². The quantitative estimate of drug-likeness (QED) is 0.0529. The molecule has 0 aliphatic carbocycles. The van der Waals surface area contributed by atoms with Crippen LogP contribution in [0.15, 0.2) is 122 Å². The van der Waals surface area contributed by atoms with E-state index in [4.69, 9.17) is 5.73 Å². The largest absolute Gasteiger partial charge is 0.464 e. The van der Waals surface area contributed by atoms with Crippen molar-refractivity contribution in [1.29, 1.82) is 0 Å². The van der Waals surface area contributed by atoms with E-state index >= 15 is 0 Å². The van der Waals surface area contributed by atoms with Crippen LogP contribution in [0.5, 0.6) is 0 Å². The summed E-state index contributed by atoms with van der Waals surface area (Å²) in [5.41, 5.74) is 7.98. The summed E-state index contributed by atoms with van der Waals surface area (Å²) in [4.78, 5) is 67.9. The lowest BCUT2D eigenvalue weighted by Gasteiger charge is -2.17. The molecule has 0 aliphatic heterocycles. The number of likely N-dealkylation sites (N-methyl/N-ethyl adjacent to an activating group) is 2. The van der Waals surface area contributed by atoms with Crippen molar-refractivity contribution in [3.63, 3.8) is 0 Å². The number of nitrogens with zero attached hydrogens (tertiary/aromatic N) is 6. The minimum absolute atomic E-state index is 0. The molecule has 0 fully saturated rings. The predicted octanol–water partition coefficient (Wildman–Crippen LogP) is 10.9. The number of hydrogen-bond donors (Lipinski definition) is 3. The average Bonchev–Trinajstić information content (AvgIpc) is 3.41. The first-order chi connectivity index (χ1) is 34.7. The summed E-state index contributed by atoms with van der Waals surface area (Å²) >= 11 is 6.79. The second-order valence-corrected chi connectivity index (χ2v) is 19.3. The lowest BCUT2D eigenvalue weighted by Crippen LogP contribution is -2.35. The van der Waals surface area contributed by atoms with Gasteiger partial charge in [-0.1, -0.05) is 76.2 Å². The van der Waals surface area contributed by atoms with Crippen LogP contribution in [-0.2, 0) is 9.47 Å². The third-order valence-electron chi connectivity index (χ3n) is 11.4. The second kappa shape index (κ2) is 32.4. The summed E-state index contributed by atoms with van der Waals surface area (Å²) in [7, 11) is 2.67. The molecule has 4 heterocycles. The van der Waals surface area contributed by atoms with Gasteiger partial charge in [0.2, 0.25) is 0 Å². The van der Waals surface area contributed by atoms with Crippen LogP contribution >= 0.6 is 92.6 Å². The molecule has 0 saturated heterocycles. The number of carbonyl (C=O) groups excluding carboxylic acids is 4. The SMILES string of the molecule is CCN(CC)CCNC(=O)c1cc2c(I)cccc2cn1.CCN(CC)CCNC(=O)c1cc2c(I)cccc2cn1.COC(=O)c1cc2c(I)cccc2cn1.COC(=O)c1cc2c(N)cccc2cn1.Cl.Cl. The lowest BCUT2D eigenvalue weighted by molar-refractivity contribution is 0.0585. The number of methoxy groups -OCH3 is 2. The van der Waals surface area contributed by atoms with Crippen LogP contribution in [0.4, 0.5) is 5.69 Å². The third-order valence-corrected chi connectivity index (χ3v) is 14.2. The number of nitrogens with two attached hydrogens (primary N) is 1. The Hall–Kier alpha value is -5.11. The molecule has 20 heteroatoms. The number of esters is 2. The van der Waals surface area contributed by atoms with Gasteiger partial charge in [-0.15, -0.1) is 24.8 Å². The molecule has 0 saturated carbocycles. The van der Waals surface area contributed by atoms with Gasteiger partial charge in [0.25, 0.3) is 11.8 Å². The Morgan fingerprint density at radius 3 is 1.12 bits per heavy atom. The van der Waals surface area contributed by atoms with E-state index in [9.17, 15) is 19.2 Å². The van der Waals surface area contributed by atoms with Gasteiger partial charge < -0.3 is 35.6 Å². The topological polar surface area (TPSA) is 195 Å². The fourth-order valence-corrected chi connectivity index (χ4v) is 9.21. The molecule has 0 aliphatic rings. The van der Waals surface area contributed by atoms with Crippen molar-refractivity contribution in [2.75, 3.05) is 72.3 Å². The molecule has 4 aromatic carbocycles. The molecule has 8 rings (SSSR count). The second-order valence-electron chi connectivity index (χ2n) is 15.8. The fourth-order valence-electron chi connectivity index (χ4n) is 7.19. The number of benzene rings is 4. The number of carbonyl (C=O) groups is 4. The smallest absolute Gasteiger partial charge is 0.356 e. The number of fused-ring (bicyclic) bond motifs is 4. The normalized spacial score (nSPS) is 10.4. The summed E-state index contributed by atoms with van der Waals surface area (Å²) < 4.78 is 12.6. The zero-order chi connectivity index (χ0) is 52.2. The maximum absolute atomic E-state index is 12.2. The molecule has 74 heavy (non-hydrogen) atoms. The van der Waals surface area contributed by atoms with E-state index in [1.807, 2.05) is 78.9 Å². The van der Waals surface area contributed by atoms with E-state index < -0.39 is 11.9 Å². The summed E-state index contributed by atoms with van der Waals surface area (Å²) in [6, 6.07) is 30.6. The molecular weight excluding hydrogens is 1320 g/mol. The van der Waals surface area contributed by atoms with Gasteiger partial charge in [0.1, 0.15) is 22.8 Å². The van der Waals surface area contributed by atoms with E-state index in [0.717, 1.165) is 93.1 Å².